The topological polar surface area (TPSA) is 95.9 Å². The van der Waals surface area contributed by atoms with Crippen molar-refractivity contribution < 1.29 is 24.5 Å². The molecule has 85 heavy (non-hydrogen) atoms. The van der Waals surface area contributed by atoms with Crippen LogP contribution in [0.5, 0.6) is 0 Å². The van der Waals surface area contributed by atoms with Gasteiger partial charge in [-0.2, -0.15) is 0 Å². The van der Waals surface area contributed by atoms with Crippen molar-refractivity contribution in [3.8, 4) is 0 Å². The SMILES string of the molecule is CCCCC/C=C\C/C=C\CCCCCCCCCCCC(=O)OCCCCCCCCCCCCCC/C=C\CCCCCCCCCCCCCCCCCC(=O)NC(CO)C(O)CCCCCCCCCCCCCCCCCCCC. The Morgan fingerprint density at radius 3 is 0.929 bits per heavy atom. The van der Waals surface area contributed by atoms with Crippen molar-refractivity contribution in [1.82, 2.24) is 5.32 Å². The van der Waals surface area contributed by atoms with E-state index in [4.69, 9.17) is 4.74 Å². The first-order chi connectivity index (χ1) is 42.0. The van der Waals surface area contributed by atoms with Crippen LogP contribution in [0.15, 0.2) is 36.5 Å². The lowest BCUT2D eigenvalue weighted by Gasteiger charge is -2.22. The Hall–Kier alpha value is -1.92. The molecule has 2 atom stereocenters. The van der Waals surface area contributed by atoms with Gasteiger partial charge in [0, 0.05) is 12.8 Å². The molecule has 502 valence electrons. The molecule has 1 amide bonds. The standard InChI is InChI=1S/C79H151NO5/c1-3-5-7-9-11-13-15-17-19-21-36-41-45-49-53-57-61-65-69-73-79(84)85-74-70-66-62-58-54-50-46-42-38-35-33-31-29-27-25-23-24-26-28-30-32-34-37-40-44-48-52-56-60-64-68-72-78(83)80-76(75-81)77(82)71-67-63-59-55-51-47-43-39-22-20-18-16-14-12-10-8-6-4-2/h11,13,17,19,25,27,76-77,81-82H,3-10,12,14-16,18,20-24,26,28-75H2,1-2H3,(H,80,83)/b13-11-,19-17-,27-25-. The molecule has 2 unspecified atom stereocenters. The van der Waals surface area contributed by atoms with Crippen molar-refractivity contribution in [3.63, 3.8) is 0 Å². The number of esters is 1. The molecule has 0 aliphatic heterocycles. The van der Waals surface area contributed by atoms with E-state index in [0.717, 1.165) is 51.4 Å². The third-order valence-electron chi connectivity index (χ3n) is 18.2. The van der Waals surface area contributed by atoms with E-state index in [1.807, 2.05) is 0 Å². The van der Waals surface area contributed by atoms with E-state index in [9.17, 15) is 19.8 Å². The fourth-order valence-electron chi connectivity index (χ4n) is 12.3. The molecule has 6 nitrogen and oxygen atoms in total. The molecular weight excluding hydrogens is 1040 g/mol. The van der Waals surface area contributed by atoms with Crippen LogP contribution in [0.1, 0.15) is 431 Å². The van der Waals surface area contributed by atoms with Gasteiger partial charge < -0.3 is 20.3 Å². The molecule has 0 saturated heterocycles. The maximum Gasteiger partial charge on any atom is 0.305 e. The predicted molar refractivity (Wildman–Crippen MR) is 375 cm³/mol. The van der Waals surface area contributed by atoms with Crippen molar-refractivity contribution >= 4 is 11.9 Å². The minimum absolute atomic E-state index is 0.0146. The van der Waals surface area contributed by atoms with Gasteiger partial charge in [-0.25, -0.2) is 0 Å². The van der Waals surface area contributed by atoms with Crippen LogP contribution in [0.4, 0.5) is 0 Å². The number of carbonyl (C=O) groups excluding carboxylic acids is 2. The number of ether oxygens (including phenoxy) is 1. The van der Waals surface area contributed by atoms with E-state index in [1.165, 1.54) is 347 Å². The highest BCUT2D eigenvalue weighted by Gasteiger charge is 2.20. The lowest BCUT2D eigenvalue weighted by Crippen LogP contribution is -2.45. The number of aliphatic hydroxyl groups is 2. The van der Waals surface area contributed by atoms with Crippen LogP contribution in [-0.4, -0.2) is 47.4 Å². The summed E-state index contributed by atoms with van der Waals surface area (Å²) in [4.78, 5) is 24.7. The summed E-state index contributed by atoms with van der Waals surface area (Å²) in [6, 6.07) is -0.541. The van der Waals surface area contributed by atoms with Gasteiger partial charge in [-0.05, 0) is 83.5 Å². The number of aliphatic hydroxyl groups excluding tert-OH is 2. The summed E-state index contributed by atoms with van der Waals surface area (Å²) in [6.45, 7) is 4.97. The first kappa shape index (κ1) is 83.1. The molecule has 0 aliphatic rings. The van der Waals surface area contributed by atoms with E-state index in [0.29, 0.717) is 25.9 Å². The smallest absolute Gasteiger partial charge is 0.305 e. The second kappa shape index (κ2) is 74.5. The Kier molecular flexibility index (Phi) is 72.9. The third kappa shape index (κ3) is 71.0. The van der Waals surface area contributed by atoms with Gasteiger partial charge in [0.25, 0.3) is 0 Å². The summed E-state index contributed by atoms with van der Waals surface area (Å²) in [5.74, 6) is -0.0142. The molecule has 0 radical (unpaired) electrons. The Labute approximate surface area is 532 Å². The van der Waals surface area contributed by atoms with E-state index >= 15 is 0 Å². The number of allylic oxidation sites excluding steroid dienone is 6. The number of unbranched alkanes of at least 4 members (excludes halogenated alkanes) is 56. The molecule has 3 N–H and O–H groups in total. The van der Waals surface area contributed by atoms with Gasteiger partial charge in [0.15, 0.2) is 0 Å². The normalized spacial score (nSPS) is 12.7. The molecule has 0 aromatic carbocycles. The van der Waals surface area contributed by atoms with Crippen LogP contribution in [-0.2, 0) is 14.3 Å². The molecule has 0 heterocycles. The summed E-state index contributed by atoms with van der Waals surface area (Å²) in [5, 5.41) is 23.4. The highest BCUT2D eigenvalue weighted by molar-refractivity contribution is 5.76. The zero-order valence-corrected chi connectivity index (χ0v) is 57.6. The van der Waals surface area contributed by atoms with Crippen LogP contribution in [0.3, 0.4) is 0 Å². The Morgan fingerprint density at radius 2 is 0.588 bits per heavy atom. The van der Waals surface area contributed by atoms with Crippen molar-refractivity contribution in [2.24, 2.45) is 0 Å². The Morgan fingerprint density at radius 1 is 0.329 bits per heavy atom. The molecule has 0 rings (SSSR count). The van der Waals surface area contributed by atoms with Crippen LogP contribution < -0.4 is 5.32 Å². The molecule has 0 aromatic rings. The van der Waals surface area contributed by atoms with E-state index in [2.05, 4.69) is 55.6 Å². The van der Waals surface area contributed by atoms with Gasteiger partial charge in [-0.3, -0.25) is 9.59 Å². The van der Waals surface area contributed by atoms with Gasteiger partial charge in [-0.1, -0.05) is 371 Å². The van der Waals surface area contributed by atoms with Gasteiger partial charge in [0.1, 0.15) is 0 Å². The van der Waals surface area contributed by atoms with Crippen LogP contribution >= 0.6 is 0 Å². The van der Waals surface area contributed by atoms with E-state index < -0.39 is 12.1 Å². The first-order valence-electron chi connectivity index (χ1n) is 38.7. The number of nitrogens with one attached hydrogen (secondary N) is 1. The first-order valence-corrected chi connectivity index (χ1v) is 38.7. The summed E-state index contributed by atoms with van der Waals surface area (Å²) in [5.41, 5.74) is 0. The average Bonchev–Trinajstić information content (AvgIpc) is 3.51. The highest BCUT2D eigenvalue weighted by atomic mass is 16.5. The minimum atomic E-state index is -0.664. The summed E-state index contributed by atoms with van der Waals surface area (Å²) < 4.78 is 5.51. The Balaban J connectivity index is 3.35. The van der Waals surface area contributed by atoms with Gasteiger partial charge in [-0.15, -0.1) is 0 Å². The lowest BCUT2D eigenvalue weighted by molar-refractivity contribution is -0.143. The molecule has 0 saturated carbocycles. The quantitative estimate of drug-likeness (QED) is 0.0320. The molecular formula is C79H151NO5. The van der Waals surface area contributed by atoms with Crippen molar-refractivity contribution in [2.75, 3.05) is 13.2 Å². The second-order valence-electron chi connectivity index (χ2n) is 26.7. The predicted octanol–water partition coefficient (Wildman–Crippen LogP) is 25.4. The van der Waals surface area contributed by atoms with Crippen molar-refractivity contribution in [3.05, 3.63) is 36.5 Å². The number of hydrogen-bond acceptors (Lipinski definition) is 5. The molecule has 0 aromatic heterocycles. The maximum atomic E-state index is 12.5. The maximum absolute atomic E-state index is 12.5. The van der Waals surface area contributed by atoms with Gasteiger partial charge in [0.05, 0.1) is 25.4 Å². The van der Waals surface area contributed by atoms with Crippen molar-refractivity contribution in [2.45, 2.75) is 443 Å². The number of amides is 1. The number of rotatable bonds is 73. The molecule has 0 aliphatic carbocycles. The van der Waals surface area contributed by atoms with Crippen LogP contribution in [0, 0.1) is 0 Å². The zero-order chi connectivity index (χ0) is 61.3. The fraction of sp³-hybridized carbons (Fsp3) is 0.899. The molecule has 0 fully saturated rings. The number of carbonyl (C=O) groups is 2. The highest BCUT2D eigenvalue weighted by Crippen LogP contribution is 2.19. The fourth-order valence-corrected chi connectivity index (χ4v) is 12.3. The van der Waals surface area contributed by atoms with E-state index in [1.54, 1.807) is 0 Å². The Bertz CT molecular complexity index is 1380. The zero-order valence-electron chi connectivity index (χ0n) is 57.6. The molecule has 0 bridgehead atoms. The van der Waals surface area contributed by atoms with Crippen LogP contribution in [0.2, 0.25) is 0 Å². The second-order valence-corrected chi connectivity index (χ2v) is 26.7. The monoisotopic (exact) mass is 1190 g/mol. The van der Waals surface area contributed by atoms with Crippen molar-refractivity contribution in [1.29, 1.82) is 0 Å². The third-order valence-corrected chi connectivity index (χ3v) is 18.2. The van der Waals surface area contributed by atoms with Gasteiger partial charge in [0.2, 0.25) is 5.91 Å². The average molecular weight is 1200 g/mol. The largest absolute Gasteiger partial charge is 0.466 e. The summed E-state index contributed by atoms with van der Waals surface area (Å²) >= 11 is 0. The molecule has 6 heteroatoms. The summed E-state index contributed by atoms with van der Waals surface area (Å²) in [6.07, 6.45) is 96.5. The van der Waals surface area contributed by atoms with E-state index in [-0.39, 0.29) is 18.5 Å². The van der Waals surface area contributed by atoms with Crippen LogP contribution in [0.25, 0.3) is 0 Å². The lowest BCUT2D eigenvalue weighted by atomic mass is 10.0. The summed E-state index contributed by atoms with van der Waals surface area (Å²) in [7, 11) is 0. The van der Waals surface area contributed by atoms with Gasteiger partial charge >= 0.3 is 5.97 Å². The minimum Gasteiger partial charge on any atom is -0.466 e. The molecule has 0 spiro atoms. The number of hydrogen-bond donors (Lipinski definition) is 3.